The molecule has 6 nitrogen and oxygen atoms in total. The van der Waals surface area contributed by atoms with Crippen LogP contribution in [-0.4, -0.2) is 30.3 Å². The van der Waals surface area contributed by atoms with Crippen LogP contribution in [0.25, 0.3) is 0 Å². The van der Waals surface area contributed by atoms with Crippen molar-refractivity contribution >= 4 is 23.2 Å². The molecule has 0 fully saturated rings. The fourth-order valence-corrected chi connectivity index (χ4v) is 2.30. The lowest BCUT2D eigenvalue weighted by atomic mass is 10.1. The van der Waals surface area contributed by atoms with Gasteiger partial charge in [-0.25, -0.2) is 5.43 Å². The van der Waals surface area contributed by atoms with Crippen molar-refractivity contribution in [1.82, 2.24) is 5.43 Å². The van der Waals surface area contributed by atoms with Gasteiger partial charge in [0.25, 0.3) is 0 Å². The molecule has 0 heterocycles. The van der Waals surface area contributed by atoms with Crippen molar-refractivity contribution in [2.75, 3.05) is 11.9 Å². The van der Waals surface area contributed by atoms with Crippen LogP contribution in [0.1, 0.15) is 25.0 Å². The number of hydrogen-bond donors (Lipinski definition) is 2. The second-order valence-electron chi connectivity index (χ2n) is 6.02. The number of anilines is 1. The van der Waals surface area contributed by atoms with Gasteiger partial charge in [-0.2, -0.15) is 18.3 Å². The van der Waals surface area contributed by atoms with E-state index in [0.29, 0.717) is 17.9 Å². The van der Waals surface area contributed by atoms with Gasteiger partial charge in [0.05, 0.1) is 18.7 Å². The van der Waals surface area contributed by atoms with Crippen molar-refractivity contribution in [3.63, 3.8) is 0 Å². The number of carbonyl (C=O) groups excluding carboxylic acids is 2. The third-order valence-electron chi connectivity index (χ3n) is 3.77. The number of benzene rings is 2. The molecule has 0 unspecified atom stereocenters. The summed E-state index contributed by atoms with van der Waals surface area (Å²) in [7, 11) is 0. The Morgan fingerprint density at radius 1 is 1.03 bits per heavy atom. The topological polar surface area (TPSA) is 79.8 Å². The number of halogens is 3. The molecule has 0 aromatic heterocycles. The first kappa shape index (κ1) is 21.9. The monoisotopic (exact) mass is 407 g/mol. The van der Waals surface area contributed by atoms with Gasteiger partial charge in [-0.15, -0.1) is 0 Å². The number of nitrogens with zero attached hydrogens (tertiary/aromatic N) is 1. The predicted molar refractivity (Wildman–Crippen MR) is 103 cm³/mol. The molecule has 0 saturated carbocycles. The fraction of sp³-hybridized carbons (Fsp3) is 0.250. The summed E-state index contributed by atoms with van der Waals surface area (Å²) in [5.41, 5.74) is 4.27. The SMILES string of the molecule is CCOc1ccc(CC(=O)NN=C(C)c2ccc(NC(=O)C(F)(F)F)cc2)cc1. The van der Waals surface area contributed by atoms with E-state index >= 15 is 0 Å². The molecule has 0 radical (unpaired) electrons. The van der Waals surface area contributed by atoms with Crippen LogP contribution in [0.5, 0.6) is 5.75 Å². The van der Waals surface area contributed by atoms with Crippen molar-refractivity contribution in [2.45, 2.75) is 26.4 Å². The Bertz CT molecular complexity index is 877. The van der Waals surface area contributed by atoms with Crippen molar-refractivity contribution in [3.8, 4) is 5.75 Å². The fourth-order valence-electron chi connectivity index (χ4n) is 2.30. The zero-order chi connectivity index (χ0) is 21.4. The number of nitrogens with one attached hydrogen (secondary N) is 2. The van der Waals surface area contributed by atoms with Gasteiger partial charge in [-0.1, -0.05) is 24.3 Å². The van der Waals surface area contributed by atoms with Gasteiger partial charge in [0.2, 0.25) is 5.91 Å². The minimum absolute atomic E-state index is 0.00316. The largest absolute Gasteiger partial charge is 0.494 e. The Morgan fingerprint density at radius 2 is 1.66 bits per heavy atom. The number of ether oxygens (including phenoxy) is 1. The summed E-state index contributed by atoms with van der Waals surface area (Å²) in [6, 6.07) is 12.7. The highest BCUT2D eigenvalue weighted by atomic mass is 19.4. The number of hydrazone groups is 1. The van der Waals surface area contributed by atoms with Gasteiger partial charge in [0.1, 0.15) is 5.75 Å². The van der Waals surface area contributed by atoms with Crippen molar-refractivity contribution in [2.24, 2.45) is 5.10 Å². The number of amides is 2. The molecule has 0 bridgehead atoms. The second-order valence-corrected chi connectivity index (χ2v) is 6.02. The molecule has 2 aromatic carbocycles. The molecule has 29 heavy (non-hydrogen) atoms. The zero-order valence-electron chi connectivity index (χ0n) is 15.8. The summed E-state index contributed by atoms with van der Waals surface area (Å²) in [5.74, 6) is -1.64. The molecule has 154 valence electrons. The molecular formula is C20H20F3N3O3. The van der Waals surface area contributed by atoms with E-state index in [1.165, 1.54) is 24.3 Å². The normalized spacial score (nSPS) is 11.7. The van der Waals surface area contributed by atoms with E-state index < -0.39 is 12.1 Å². The average Bonchev–Trinajstić information content (AvgIpc) is 2.67. The van der Waals surface area contributed by atoms with Crippen LogP contribution >= 0.6 is 0 Å². The maximum atomic E-state index is 12.3. The maximum absolute atomic E-state index is 12.3. The van der Waals surface area contributed by atoms with Crippen LogP contribution in [0.3, 0.4) is 0 Å². The van der Waals surface area contributed by atoms with Gasteiger partial charge in [-0.3, -0.25) is 9.59 Å². The molecule has 0 aliphatic carbocycles. The van der Waals surface area contributed by atoms with Gasteiger partial charge in [0, 0.05) is 5.69 Å². The number of rotatable bonds is 7. The van der Waals surface area contributed by atoms with Crippen LogP contribution in [0.2, 0.25) is 0 Å². The van der Waals surface area contributed by atoms with Crippen molar-refractivity contribution in [3.05, 3.63) is 59.7 Å². The molecule has 2 rings (SSSR count). The van der Waals surface area contributed by atoms with E-state index in [1.54, 1.807) is 36.5 Å². The van der Waals surface area contributed by atoms with Crippen molar-refractivity contribution in [1.29, 1.82) is 0 Å². The lowest BCUT2D eigenvalue weighted by Gasteiger charge is -2.09. The van der Waals surface area contributed by atoms with Gasteiger partial charge < -0.3 is 10.1 Å². The summed E-state index contributed by atoms with van der Waals surface area (Å²) >= 11 is 0. The van der Waals surface area contributed by atoms with E-state index in [-0.39, 0.29) is 18.0 Å². The van der Waals surface area contributed by atoms with Crippen LogP contribution in [-0.2, 0) is 16.0 Å². The molecule has 0 aliphatic rings. The minimum Gasteiger partial charge on any atom is -0.494 e. The molecular weight excluding hydrogens is 387 g/mol. The Balaban J connectivity index is 1.91. The summed E-state index contributed by atoms with van der Waals surface area (Å²) in [6.07, 6.45) is -4.82. The van der Waals surface area contributed by atoms with E-state index in [2.05, 4.69) is 10.5 Å². The van der Waals surface area contributed by atoms with Crippen LogP contribution in [0.15, 0.2) is 53.6 Å². The first-order valence-electron chi connectivity index (χ1n) is 8.72. The average molecular weight is 407 g/mol. The smallest absolute Gasteiger partial charge is 0.471 e. The van der Waals surface area contributed by atoms with Crippen LogP contribution in [0.4, 0.5) is 18.9 Å². The standard InChI is InChI=1S/C20H20F3N3O3/c1-3-29-17-10-4-14(5-11-17)12-18(27)26-25-13(2)15-6-8-16(9-7-15)24-19(28)20(21,22)23/h4-11H,3,12H2,1-2H3,(H,24,28)(H,26,27). The molecule has 0 spiro atoms. The summed E-state index contributed by atoms with van der Waals surface area (Å²) in [5, 5.41) is 5.75. The highest BCUT2D eigenvalue weighted by Crippen LogP contribution is 2.18. The predicted octanol–water partition coefficient (Wildman–Crippen LogP) is 3.67. The van der Waals surface area contributed by atoms with Crippen LogP contribution in [0, 0.1) is 0 Å². The third-order valence-corrected chi connectivity index (χ3v) is 3.77. The zero-order valence-corrected chi connectivity index (χ0v) is 15.8. The number of hydrogen-bond acceptors (Lipinski definition) is 4. The molecule has 0 aliphatic heterocycles. The Labute approximate surface area is 165 Å². The van der Waals surface area contributed by atoms with E-state index in [4.69, 9.17) is 4.74 Å². The summed E-state index contributed by atoms with van der Waals surface area (Å²) < 4.78 is 42.1. The van der Waals surface area contributed by atoms with Crippen LogP contribution < -0.4 is 15.5 Å². The second kappa shape index (κ2) is 9.72. The molecule has 2 amide bonds. The maximum Gasteiger partial charge on any atom is 0.471 e. The Morgan fingerprint density at radius 3 is 2.21 bits per heavy atom. The van der Waals surface area contributed by atoms with E-state index in [9.17, 15) is 22.8 Å². The first-order valence-corrected chi connectivity index (χ1v) is 8.72. The molecule has 0 atom stereocenters. The Hall–Kier alpha value is -3.36. The first-order chi connectivity index (χ1) is 13.7. The molecule has 9 heteroatoms. The number of alkyl halides is 3. The molecule has 2 aromatic rings. The lowest BCUT2D eigenvalue weighted by molar-refractivity contribution is -0.167. The van der Waals surface area contributed by atoms with Crippen molar-refractivity contribution < 1.29 is 27.5 Å². The quantitative estimate of drug-likeness (QED) is 0.543. The lowest BCUT2D eigenvalue weighted by Crippen LogP contribution is -2.29. The molecule has 0 saturated heterocycles. The minimum atomic E-state index is -4.95. The van der Waals surface area contributed by atoms with Gasteiger partial charge in [-0.05, 0) is 49.2 Å². The summed E-state index contributed by atoms with van der Waals surface area (Å²) in [4.78, 5) is 22.9. The van der Waals surface area contributed by atoms with E-state index in [1.807, 2.05) is 6.92 Å². The molecule has 2 N–H and O–H groups in total. The third kappa shape index (κ3) is 6.95. The van der Waals surface area contributed by atoms with Gasteiger partial charge in [0.15, 0.2) is 0 Å². The van der Waals surface area contributed by atoms with E-state index in [0.717, 1.165) is 11.3 Å². The highest BCUT2D eigenvalue weighted by molar-refractivity contribution is 6.00. The number of carbonyl (C=O) groups is 2. The Kier molecular flexibility index (Phi) is 7.35. The highest BCUT2D eigenvalue weighted by Gasteiger charge is 2.38. The summed E-state index contributed by atoms with van der Waals surface area (Å²) in [6.45, 7) is 4.08. The van der Waals surface area contributed by atoms with Gasteiger partial charge >= 0.3 is 12.1 Å².